The molecule has 1 unspecified atom stereocenters. The van der Waals surface area contributed by atoms with Crippen molar-refractivity contribution in [3.05, 3.63) is 59.9 Å². The van der Waals surface area contributed by atoms with E-state index >= 15 is 0 Å². The van der Waals surface area contributed by atoms with Crippen LogP contribution in [0.1, 0.15) is 32.1 Å². The molecule has 0 bridgehead atoms. The van der Waals surface area contributed by atoms with Crippen LogP contribution < -0.4 is 5.32 Å². The lowest BCUT2D eigenvalue weighted by molar-refractivity contribution is 0.109. The van der Waals surface area contributed by atoms with E-state index in [1.807, 2.05) is 23.7 Å². The standard InChI is InChI=1S/C28H26N8OS/c37-28(16-4-2-1-3-5-16)32-20-8-18(10-29-12-20)19-9-21-25(35-36-26(21)31-11-19)27-33-23-14-30-13-22(24(23)34-27)17-6-7-38-15-17/h6-16,28,32,37H,1-5H2,(H,33,34)(H,31,35,36). The molecule has 190 valence electrons. The summed E-state index contributed by atoms with van der Waals surface area (Å²) in [6.07, 6.45) is 14.1. The van der Waals surface area contributed by atoms with Gasteiger partial charge in [0.1, 0.15) is 17.4 Å². The van der Waals surface area contributed by atoms with Gasteiger partial charge in [-0.15, -0.1) is 0 Å². The number of anilines is 1. The predicted molar refractivity (Wildman–Crippen MR) is 150 cm³/mol. The zero-order valence-corrected chi connectivity index (χ0v) is 21.4. The quantitative estimate of drug-likeness (QED) is 0.198. The Morgan fingerprint density at radius 2 is 1.84 bits per heavy atom. The van der Waals surface area contributed by atoms with Crippen LogP contribution in [0.4, 0.5) is 5.69 Å². The van der Waals surface area contributed by atoms with Gasteiger partial charge in [0, 0.05) is 41.2 Å². The van der Waals surface area contributed by atoms with Gasteiger partial charge in [-0.2, -0.15) is 16.4 Å². The average Bonchev–Trinajstić information content (AvgIpc) is 3.73. The van der Waals surface area contributed by atoms with E-state index in [1.165, 1.54) is 19.3 Å². The van der Waals surface area contributed by atoms with Crippen molar-refractivity contribution in [2.45, 2.75) is 38.3 Å². The third-order valence-corrected chi connectivity index (χ3v) is 8.03. The van der Waals surface area contributed by atoms with Crippen LogP contribution in [0.2, 0.25) is 0 Å². The molecule has 1 atom stereocenters. The highest BCUT2D eigenvalue weighted by molar-refractivity contribution is 7.08. The van der Waals surface area contributed by atoms with E-state index in [4.69, 9.17) is 4.98 Å². The van der Waals surface area contributed by atoms with Gasteiger partial charge in [-0.25, -0.2) is 9.97 Å². The Morgan fingerprint density at radius 1 is 0.974 bits per heavy atom. The van der Waals surface area contributed by atoms with Crippen LogP contribution in [0, 0.1) is 5.92 Å². The molecular weight excluding hydrogens is 496 g/mol. The molecule has 1 aliphatic carbocycles. The van der Waals surface area contributed by atoms with Crippen molar-refractivity contribution in [2.24, 2.45) is 5.92 Å². The number of hydrogen-bond donors (Lipinski definition) is 4. The molecule has 6 heterocycles. The Kier molecular flexibility index (Phi) is 5.82. The van der Waals surface area contributed by atoms with Crippen LogP contribution in [0.5, 0.6) is 0 Å². The van der Waals surface area contributed by atoms with Gasteiger partial charge in [-0.05, 0) is 47.4 Å². The SMILES string of the molecule is OC(Nc1cncc(-c2cnc3[nH]nc(-c4nc5c(-c6ccsc6)cncc5[nH]4)c3c2)c1)C1CCCCC1. The fourth-order valence-electron chi connectivity index (χ4n) is 5.33. The predicted octanol–water partition coefficient (Wildman–Crippen LogP) is 6.00. The highest BCUT2D eigenvalue weighted by Gasteiger charge is 2.22. The Balaban J connectivity index is 1.22. The van der Waals surface area contributed by atoms with Crippen LogP contribution in [0.15, 0.2) is 59.9 Å². The fraction of sp³-hybridized carbons (Fsp3) is 0.250. The minimum atomic E-state index is -0.574. The van der Waals surface area contributed by atoms with Crippen molar-refractivity contribution >= 4 is 39.1 Å². The number of rotatable bonds is 6. The van der Waals surface area contributed by atoms with Crippen LogP contribution >= 0.6 is 11.3 Å². The van der Waals surface area contributed by atoms with E-state index in [2.05, 4.69) is 46.9 Å². The Bertz CT molecular complexity index is 1720. The monoisotopic (exact) mass is 522 g/mol. The summed E-state index contributed by atoms with van der Waals surface area (Å²) in [5, 5.41) is 26.5. The van der Waals surface area contributed by atoms with Gasteiger partial charge in [-0.1, -0.05) is 19.3 Å². The highest BCUT2D eigenvalue weighted by Crippen LogP contribution is 2.33. The molecule has 7 rings (SSSR count). The molecule has 6 aromatic rings. The van der Waals surface area contributed by atoms with Crippen molar-refractivity contribution in [1.29, 1.82) is 0 Å². The van der Waals surface area contributed by atoms with Gasteiger partial charge < -0.3 is 15.4 Å². The van der Waals surface area contributed by atoms with Crippen LogP contribution in [0.3, 0.4) is 0 Å². The van der Waals surface area contributed by atoms with E-state index in [0.29, 0.717) is 17.2 Å². The number of nitrogens with zero attached hydrogens (tertiary/aromatic N) is 5. The number of fused-ring (bicyclic) bond motifs is 2. The van der Waals surface area contributed by atoms with E-state index in [9.17, 15) is 5.11 Å². The summed E-state index contributed by atoms with van der Waals surface area (Å²) >= 11 is 1.65. The largest absolute Gasteiger partial charge is 0.374 e. The summed E-state index contributed by atoms with van der Waals surface area (Å²) in [6.45, 7) is 0. The van der Waals surface area contributed by atoms with E-state index in [-0.39, 0.29) is 5.92 Å². The van der Waals surface area contributed by atoms with E-state index < -0.39 is 6.23 Å². The molecule has 0 amide bonds. The number of aromatic amines is 2. The summed E-state index contributed by atoms with van der Waals surface area (Å²) in [5.74, 6) is 0.928. The first-order chi connectivity index (χ1) is 18.7. The minimum Gasteiger partial charge on any atom is -0.374 e. The molecular formula is C28H26N8OS. The smallest absolute Gasteiger partial charge is 0.159 e. The lowest BCUT2D eigenvalue weighted by Crippen LogP contribution is -2.30. The summed E-state index contributed by atoms with van der Waals surface area (Å²) in [7, 11) is 0. The topological polar surface area (TPSA) is 128 Å². The normalized spacial score (nSPS) is 15.3. The first-order valence-corrected chi connectivity index (χ1v) is 13.8. The molecule has 6 aromatic heterocycles. The average molecular weight is 523 g/mol. The van der Waals surface area contributed by atoms with Crippen LogP contribution in [0.25, 0.3) is 55.8 Å². The molecule has 0 spiro atoms. The van der Waals surface area contributed by atoms with Crippen LogP contribution in [-0.2, 0) is 0 Å². The van der Waals surface area contributed by atoms with Gasteiger partial charge >= 0.3 is 0 Å². The number of imidazole rings is 1. The van der Waals surface area contributed by atoms with Crippen molar-refractivity contribution < 1.29 is 5.11 Å². The maximum absolute atomic E-state index is 10.7. The highest BCUT2D eigenvalue weighted by atomic mass is 32.1. The lowest BCUT2D eigenvalue weighted by Gasteiger charge is -2.27. The summed E-state index contributed by atoms with van der Waals surface area (Å²) < 4.78 is 0. The van der Waals surface area contributed by atoms with Gasteiger partial charge in [0.15, 0.2) is 11.5 Å². The number of thiophene rings is 1. The molecule has 1 fully saturated rings. The maximum atomic E-state index is 10.7. The second-order valence-electron chi connectivity index (χ2n) is 9.82. The Hall–Kier alpha value is -4.15. The van der Waals surface area contributed by atoms with Crippen LogP contribution in [-0.4, -0.2) is 46.5 Å². The van der Waals surface area contributed by atoms with Crippen molar-refractivity contribution in [2.75, 3.05) is 5.32 Å². The number of nitrogens with one attached hydrogen (secondary N) is 3. The van der Waals surface area contributed by atoms with E-state index in [0.717, 1.165) is 57.2 Å². The lowest BCUT2D eigenvalue weighted by atomic mass is 9.88. The second kappa shape index (κ2) is 9.62. The molecule has 0 aliphatic heterocycles. The third kappa shape index (κ3) is 4.21. The molecule has 0 saturated heterocycles. The first kappa shape index (κ1) is 23.0. The summed E-state index contributed by atoms with van der Waals surface area (Å²) in [5.41, 5.74) is 7.75. The molecule has 4 N–H and O–H groups in total. The number of aliphatic hydroxyl groups excluding tert-OH is 1. The third-order valence-electron chi connectivity index (χ3n) is 7.35. The van der Waals surface area contributed by atoms with Crippen molar-refractivity contribution in [3.63, 3.8) is 0 Å². The fourth-order valence-corrected chi connectivity index (χ4v) is 5.99. The van der Waals surface area contributed by atoms with Gasteiger partial charge in [0.05, 0.1) is 29.0 Å². The molecule has 0 radical (unpaired) electrons. The summed E-state index contributed by atoms with van der Waals surface area (Å²) in [4.78, 5) is 21.7. The van der Waals surface area contributed by atoms with Gasteiger partial charge in [-0.3, -0.25) is 15.1 Å². The van der Waals surface area contributed by atoms with Gasteiger partial charge in [0.2, 0.25) is 0 Å². The van der Waals surface area contributed by atoms with Crippen molar-refractivity contribution in [3.8, 4) is 33.8 Å². The number of aromatic nitrogens is 7. The molecule has 1 aliphatic rings. The number of aliphatic hydroxyl groups is 1. The molecule has 0 aromatic carbocycles. The van der Waals surface area contributed by atoms with E-state index in [1.54, 1.807) is 36.1 Å². The second-order valence-corrected chi connectivity index (χ2v) is 10.6. The number of pyridine rings is 3. The summed E-state index contributed by atoms with van der Waals surface area (Å²) in [6, 6.07) is 6.12. The molecule has 9 nitrogen and oxygen atoms in total. The maximum Gasteiger partial charge on any atom is 0.159 e. The molecule has 1 saturated carbocycles. The van der Waals surface area contributed by atoms with Crippen molar-refractivity contribution in [1.82, 2.24) is 35.1 Å². The number of hydrogen-bond acceptors (Lipinski definition) is 8. The Labute approximate surface area is 222 Å². The zero-order valence-electron chi connectivity index (χ0n) is 20.6. The molecule has 38 heavy (non-hydrogen) atoms. The zero-order chi connectivity index (χ0) is 25.5. The first-order valence-electron chi connectivity index (χ1n) is 12.8. The van der Waals surface area contributed by atoms with Gasteiger partial charge in [0.25, 0.3) is 0 Å². The Morgan fingerprint density at radius 3 is 2.71 bits per heavy atom. The number of H-pyrrole nitrogens is 2. The minimum absolute atomic E-state index is 0.276. The molecule has 10 heteroatoms.